The number of carboxylic acids is 1. The van der Waals surface area contributed by atoms with Crippen molar-refractivity contribution in [2.75, 3.05) is 32.1 Å². The van der Waals surface area contributed by atoms with Crippen molar-refractivity contribution in [2.45, 2.75) is 0 Å². The monoisotopic (exact) mass is 398 g/mol. The van der Waals surface area contributed by atoms with Gasteiger partial charge in [0.1, 0.15) is 5.70 Å². The molecule has 24 heavy (non-hydrogen) atoms. The molecule has 0 unspecified atom stereocenters. The van der Waals surface area contributed by atoms with Crippen molar-refractivity contribution in [3.8, 4) is 0 Å². The van der Waals surface area contributed by atoms with Crippen LogP contribution >= 0.6 is 15.9 Å². The number of halogens is 1. The van der Waals surface area contributed by atoms with E-state index in [1.165, 1.54) is 24.1 Å². The van der Waals surface area contributed by atoms with E-state index in [4.69, 9.17) is 10.2 Å². The first-order chi connectivity index (χ1) is 11.4. The van der Waals surface area contributed by atoms with Crippen molar-refractivity contribution in [1.82, 2.24) is 4.90 Å². The minimum Gasteiger partial charge on any atom is -0.478 e. The second kappa shape index (κ2) is 7.45. The van der Waals surface area contributed by atoms with Crippen LogP contribution in [0.25, 0.3) is 0 Å². The van der Waals surface area contributed by atoms with Crippen molar-refractivity contribution < 1.29 is 29.3 Å². The number of β-amino-alcohol motifs (C(OH)–C–C–N with tert-alkyl or cyclic N) is 1. The molecule has 3 N–H and O–H groups in total. The predicted molar refractivity (Wildman–Crippen MR) is 87.4 cm³/mol. The Morgan fingerprint density at radius 1 is 1.38 bits per heavy atom. The molecule has 1 aromatic carbocycles. The highest BCUT2D eigenvalue weighted by atomic mass is 79.9. The Morgan fingerprint density at radius 2 is 2.08 bits per heavy atom. The number of rotatable bonds is 6. The summed E-state index contributed by atoms with van der Waals surface area (Å²) >= 11 is 3.20. The summed E-state index contributed by atoms with van der Waals surface area (Å²) in [7, 11) is 1.20. The average molecular weight is 399 g/mol. The molecule has 0 aliphatic carbocycles. The standard InChI is InChI=1S/C15H15BrN2O6/c1-24-15(23)11-7-18(2-3-19)13(20)12(11)17-10-5-8(14(21)22)4-9(16)6-10/h4-6,17,19H,2-3,7H2,1H3,(H,21,22). The maximum atomic E-state index is 12.4. The molecule has 1 aliphatic rings. The summed E-state index contributed by atoms with van der Waals surface area (Å²) in [6.45, 7) is -0.162. The number of aliphatic hydroxyl groups is 1. The van der Waals surface area contributed by atoms with Gasteiger partial charge in [0.15, 0.2) is 0 Å². The maximum absolute atomic E-state index is 12.4. The van der Waals surface area contributed by atoms with Crippen LogP contribution in [0, 0.1) is 0 Å². The summed E-state index contributed by atoms with van der Waals surface area (Å²) in [5.41, 5.74) is 0.472. The largest absolute Gasteiger partial charge is 0.478 e. The first-order valence-electron chi connectivity index (χ1n) is 6.90. The third-order valence-electron chi connectivity index (χ3n) is 3.37. The van der Waals surface area contributed by atoms with Crippen LogP contribution in [0.5, 0.6) is 0 Å². The number of esters is 1. The van der Waals surface area contributed by atoms with Crippen LogP contribution in [0.4, 0.5) is 5.69 Å². The van der Waals surface area contributed by atoms with E-state index in [0.29, 0.717) is 10.2 Å². The molecule has 0 saturated heterocycles. The Kier molecular flexibility index (Phi) is 5.58. The van der Waals surface area contributed by atoms with E-state index < -0.39 is 17.8 Å². The number of anilines is 1. The number of aromatic carboxylic acids is 1. The summed E-state index contributed by atoms with van der Waals surface area (Å²) in [5, 5.41) is 20.9. The minimum absolute atomic E-state index is 0.00439. The first-order valence-corrected chi connectivity index (χ1v) is 7.69. The summed E-state index contributed by atoms with van der Waals surface area (Å²) in [6, 6.07) is 4.34. The number of nitrogens with one attached hydrogen (secondary N) is 1. The fourth-order valence-corrected chi connectivity index (χ4v) is 2.77. The number of hydrogen-bond acceptors (Lipinski definition) is 6. The van der Waals surface area contributed by atoms with Gasteiger partial charge in [-0.1, -0.05) is 15.9 Å². The van der Waals surface area contributed by atoms with E-state index in [2.05, 4.69) is 26.0 Å². The molecule has 0 fully saturated rings. The van der Waals surface area contributed by atoms with E-state index >= 15 is 0 Å². The van der Waals surface area contributed by atoms with Crippen LogP contribution in [0.1, 0.15) is 10.4 Å². The molecular weight excluding hydrogens is 384 g/mol. The number of carbonyl (C=O) groups is 3. The van der Waals surface area contributed by atoms with E-state index in [1.807, 2.05) is 0 Å². The second-order valence-corrected chi connectivity index (χ2v) is 5.87. The number of methoxy groups -OCH3 is 1. The van der Waals surface area contributed by atoms with Gasteiger partial charge in [0.25, 0.3) is 5.91 Å². The zero-order valence-corrected chi connectivity index (χ0v) is 14.3. The third-order valence-corrected chi connectivity index (χ3v) is 3.83. The van der Waals surface area contributed by atoms with Crippen LogP contribution in [-0.2, 0) is 14.3 Å². The van der Waals surface area contributed by atoms with E-state index in [0.717, 1.165) is 0 Å². The molecule has 0 bridgehead atoms. The Bertz CT molecular complexity index is 731. The van der Waals surface area contributed by atoms with E-state index in [9.17, 15) is 14.4 Å². The number of carbonyl (C=O) groups excluding carboxylic acids is 2. The fourth-order valence-electron chi connectivity index (χ4n) is 2.28. The van der Waals surface area contributed by atoms with Gasteiger partial charge in [-0.3, -0.25) is 4.79 Å². The molecule has 1 amide bonds. The SMILES string of the molecule is COC(=O)C1=C(Nc2cc(Br)cc(C(=O)O)c2)C(=O)N(CCO)C1. The normalized spacial score (nSPS) is 14.1. The molecular formula is C15H15BrN2O6. The van der Waals surface area contributed by atoms with Gasteiger partial charge in [-0.2, -0.15) is 0 Å². The van der Waals surface area contributed by atoms with Crippen molar-refractivity contribution in [2.24, 2.45) is 0 Å². The number of aliphatic hydroxyl groups excluding tert-OH is 1. The second-order valence-electron chi connectivity index (χ2n) is 4.95. The number of hydrogen-bond donors (Lipinski definition) is 3. The molecule has 8 nitrogen and oxygen atoms in total. The Morgan fingerprint density at radius 3 is 2.67 bits per heavy atom. The molecule has 0 saturated carbocycles. The summed E-state index contributed by atoms with van der Waals surface area (Å²) in [5.74, 6) is -2.26. The van der Waals surface area contributed by atoms with Crippen molar-refractivity contribution in [1.29, 1.82) is 0 Å². The molecule has 0 atom stereocenters. The van der Waals surface area contributed by atoms with Gasteiger partial charge < -0.3 is 25.2 Å². The molecule has 1 aromatic rings. The first kappa shape index (κ1) is 18.0. The third kappa shape index (κ3) is 3.74. The number of ether oxygens (including phenoxy) is 1. The molecule has 0 spiro atoms. The molecule has 1 heterocycles. The molecule has 0 radical (unpaired) electrons. The lowest BCUT2D eigenvalue weighted by molar-refractivity contribution is -0.136. The highest BCUT2D eigenvalue weighted by molar-refractivity contribution is 9.10. The molecule has 1 aliphatic heterocycles. The van der Waals surface area contributed by atoms with Crippen molar-refractivity contribution in [3.05, 3.63) is 39.5 Å². The van der Waals surface area contributed by atoms with Crippen molar-refractivity contribution >= 4 is 39.5 Å². The summed E-state index contributed by atoms with van der Waals surface area (Å²) in [4.78, 5) is 36.7. The number of amides is 1. The van der Waals surface area contributed by atoms with Gasteiger partial charge in [-0.25, -0.2) is 9.59 Å². The van der Waals surface area contributed by atoms with Crippen molar-refractivity contribution in [3.63, 3.8) is 0 Å². The van der Waals surface area contributed by atoms with Gasteiger partial charge in [0, 0.05) is 16.7 Å². The smallest absolute Gasteiger partial charge is 0.337 e. The molecule has 9 heteroatoms. The van der Waals surface area contributed by atoms with Crippen LogP contribution in [0.15, 0.2) is 33.9 Å². The van der Waals surface area contributed by atoms with Gasteiger partial charge in [0.05, 0.1) is 31.4 Å². The maximum Gasteiger partial charge on any atom is 0.337 e. The lowest BCUT2D eigenvalue weighted by atomic mass is 10.2. The van der Waals surface area contributed by atoms with Gasteiger partial charge in [-0.05, 0) is 18.2 Å². The van der Waals surface area contributed by atoms with E-state index in [1.54, 1.807) is 6.07 Å². The number of carboxylic acid groups (broad SMARTS) is 1. The predicted octanol–water partition coefficient (Wildman–Crippen LogP) is 0.821. The lowest BCUT2D eigenvalue weighted by Gasteiger charge is -2.15. The molecule has 2 rings (SSSR count). The quantitative estimate of drug-likeness (QED) is 0.607. The Hall–Kier alpha value is -2.39. The molecule has 0 aromatic heterocycles. The highest BCUT2D eigenvalue weighted by Crippen LogP contribution is 2.25. The molecule has 128 valence electrons. The zero-order valence-electron chi connectivity index (χ0n) is 12.7. The lowest BCUT2D eigenvalue weighted by Crippen LogP contribution is -2.31. The Labute approximate surface area is 145 Å². The average Bonchev–Trinajstić information content (AvgIpc) is 2.83. The number of nitrogens with zero attached hydrogens (tertiary/aromatic N) is 1. The van der Waals surface area contributed by atoms with Gasteiger partial charge in [-0.15, -0.1) is 0 Å². The Balaban J connectivity index is 2.38. The zero-order chi connectivity index (χ0) is 17.9. The van der Waals surface area contributed by atoms with Gasteiger partial charge in [0.2, 0.25) is 0 Å². The van der Waals surface area contributed by atoms with Crippen LogP contribution in [-0.4, -0.2) is 59.8 Å². The minimum atomic E-state index is -1.12. The summed E-state index contributed by atoms with van der Waals surface area (Å²) < 4.78 is 5.18. The van der Waals surface area contributed by atoms with Gasteiger partial charge >= 0.3 is 11.9 Å². The van der Waals surface area contributed by atoms with Crippen LogP contribution in [0.2, 0.25) is 0 Å². The van der Waals surface area contributed by atoms with E-state index in [-0.39, 0.29) is 36.5 Å². The number of benzene rings is 1. The van der Waals surface area contributed by atoms with Crippen LogP contribution < -0.4 is 5.32 Å². The highest BCUT2D eigenvalue weighted by Gasteiger charge is 2.34. The summed E-state index contributed by atoms with van der Waals surface area (Å²) in [6.07, 6.45) is 0. The fraction of sp³-hybridized carbons (Fsp3) is 0.267. The van der Waals surface area contributed by atoms with Crippen LogP contribution in [0.3, 0.4) is 0 Å². The topological polar surface area (TPSA) is 116 Å².